The minimum atomic E-state index is 0. The van der Waals surface area contributed by atoms with Gasteiger partial charge >= 0.3 is 0 Å². The highest BCUT2D eigenvalue weighted by Crippen LogP contribution is 2.28. The third kappa shape index (κ3) is 6.07. The van der Waals surface area contributed by atoms with Crippen LogP contribution in [0.4, 0.5) is 0 Å². The van der Waals surface area contributed by atoms with Gasteiger partial charge in [0.2, 0.25) is 0 Å². The minimum absolute atomic E-state index is 0. The van der Waals surface area contributed by atoms with Crippen molar-refractivity contribution in [1.82, 2.24) is 15.6 Å². The van der Waals surface area contributed by atoms with Crippen molar-refractivity contribution in [2.45, 2.75) is 46.1 Å². The summed E-state index contributed by atoms with van der Waals surface area (Å²) in [5.41, 5.74) is 2.50. The molecule has 0 amide bonds. The number of thiazole rings is 1. The summed E-state index contributed by atoms with van der Waals surface area (Å²) in [6, 6.07) is 8.23. The monoisotopic (exact) mass is 500 g/mol. The van der Waals surface area contributed by atoms with Crippen LogP contribution in [0.2, 0.25) is 0 Å². The van der Waals surface area contributed by atoms with Crippen molar-refractivity contribution < 1.29 is 4.74 Å². The van der Waals surface area contributed by atoms with E-state index in [0.29, 0.717) is 6.54 Å². The maximum atomic E-state index is 5.97. The Morgan fingerprint density at radius 3 is 2.81 bits per heavy atom. The van der Waals surface area contributed by atoms with E-state index in [1.54, 1.807) is 11.3 Å². The molecule has 148 valence electrons. The van der Waals surface area contributed by atoms with Gasteiger partial charge in [0, 0.05) is 30.8 Å². The van der Waals surface area contributed by atoms with Crippen molar-refractivity contribution >= 4 is 41.3 Å². The Labute approximate surface area is 183 Å². The lowest BCUT2D eigenvalue weighted by atomic mass is 10.1. The molecular formula is C20H29IN4OS. The molecule has 1 unspecified atom stereocenters. The molecule has 1 aliphatic heterocycles. The lowest BCUT2D eigenvalue weighted by Gasteiger charge is -2.13. The smallest absolute Gasteiger partial charge is 0.191 e. The Morgan fingerprint density at radius 1 is 1.30 bits per heavy atom. The SMILES string of the molecule is CCNC(=NCC1Cc2ccccc2O1)NCCc1nc(CC)c(C)s1.I. The Morgan fingerprint density at radius 2 is 2.11 bits per heavy atom. The molecule has 0 saturated heterocycles. The Hall–Kier alpha value is -1.35. The number of hydrogen-bond donors (Lipinski definition) is 2. The topological polar surface area (TPSA) is 58.5 Å². The molecule has 5 nitrogen and oxygen atoms in total. The van der Waals surface area contributed by atoms with Gasteiger partial charge in [-0.2, -0.15) is 0 Å². The number of aryl methyl sites for hydroxylation is 2. The lowest BCUT2D eigenvalue weighted by Crippen LogP contribution is -2.39. The van der Waals surface area contributed by atoms with Crippen molar-refractivity contribution in [3.63, 3.8) is 0 Å². The summed E-state index contributed by atoms with van der Waals surface area (Å²) in [5, 5.41) is 7.91. The standard InChI is InChI=1S/C20H28N4OS.HI/c1-4-17-14(3)26-19(24-17)10-11-22-20(21-5-2)23-13-16-12-15-8-6-7-9-18(15)25-16;/h6-9,16H,4-5,10-13H2,1-3H3,(H2,21,22,23);1H. The molecule has 2 N–H and O–H groups in total. The number of benzene rings is 1. The van der Waals surface area contributed by atoms with Gasteiger partial charge in [0.1, 0.15) is 11.9 Å². The maximum absolute atomic E-state index is 5.97. The number of halogens is 1. The van der Waals surface area contributed by atoms with Gasteiger partial charge in [0.05, 0.1) is 17.2 Å². The zero-order valence-corrected chi connectivity index (χ0v) is 19.4. The van der Waals surface area contributed by atoms with Gasteiger partial charge in [-0.25, -0.2) is 9.98 Å². The van der Waals surface area contributed by atoms with Crippen molar-refractivity contribution in [2.24, 2.45) is 4.99 Å². The van der Waals surface area contributed by atoms with Crippen LogP contribution in [0.1, 0.15) is 35.0 Å². The summed E-state index contributed by atoms with van der Waals surface area (Å²) in [4.78, 5) is 10.7. The van der Waals surface area contributed by atoms with Gasteiger partial charge in [0.15, 0.2) is 5.96 Å². The van der Waals surface area contributed by atoms with Gasteiger partial charge in [-0.3, -0.25) is 0 Å². The van der Waals surface area contributed by atoms with E-state index in [1.807, 2.05) is 12.1 Å². The van der Waals surface area contributed by atoms with Crippen LogP contribution >= 0.6 is 35.3 Å². The lowest BCUT2D eigenvalue weighted by molar-refractivity contribution is 0.241. The van der Waals surface area contributed by atoms with Crippen LogP contribution in [0.15, 0.2) is 29.3 Å². The number of ether oxygens (including phenoxy) is 1. The first-order chi connectivity index (χ1) is 12.7. The molecule has 1 aliphatic rings. The fraction of sp³-hybridized carbons (Fsp3) is 0.500. The normalized spacial score (nSPS) is 15.7. The fourth-order valence-electron chi connectivity index (χ4n) is 3.10. The Bertz CT molecular complexity index is 737. The Balaban J connectivity index is 0.00000261. The molecule has 0 saturated carbocycles. The van der Waals surface area contributed by atoms with E-state index in [9.17, 15) is 0 Å². The highest BCUT2D eigenvalue weighted by molar-refractivity contribution is 14.0. The van der Waals surface area contributed by atoms with Crippen molar-refractivity contribution in [2.75, 3.05) is 19.6 Å². The second-order valence-corrected chi connectivity index (χ2v) is 7.70. The van der Waals surface area contributed by atoms with E-state index in [-0.39, 0.29) is 30.1 Å². The van der Waals surface area contributed by atoms with Crippen molar-refractivity contribution in [3.05, 3.63) is 45.4 Å². The Kier molecular flexibility index (Phi) is 8.82. The number of aliphatic imine (C=N–C) groups is 1. The number of guanidine groups is 1. The summed E-state index contributed by atoms with van der Waals surface area (Å²) in [7, 11) is 0. The van der Waals surface area contributed by atoms with Crippen molar-refractivity contribution in [3.8, 4) is 5.75 Å². The fourth-order valence-corrected chi connectivity index (χ4v) is 4.12. The zero-order valence-electron chi connectivity index (χ0n) is 16.2. The minimum Gasteiger partial charge on any atom is -0.488 e. The van der Waals surface area contributed by atoms with Crippen LogP contribution in [0.5, 0.6) is 5.75 Å². The maximum Gasteiger partial charge on any atom is 0.191 e. The van der Waals surface area contributed by atoms with E-state index >= 15 is 0 Å². The van der Waals surface area contributed by atoms with Crippen LogP contribution in [-0.2, 0) is 19.3 Å². The molecular weight excluding hydrogens is 471 g/mol. The third-order valence-electron chi connectivity index (χ3n) is 4.41. The number of aromatic nitrogens is 1. The number of nitrogens with one attached hydrogen (secondary N) is 2. The highest BCUT2D eigenvalue weighted by Gasteiger charge is 2.21. The number of fused-ring (bicyclic) bond motifs is 1. The van der Waals surface area contributed by atoms with Gasteiger partial charge in [0.25, 0.3) is 0 Å². The molecule has 0 spiro atoms. The summed E-state index contributed by atoms with van der Waals surface area (Å²) >= 11 is 1.80. The van der Waals surface area contributed by atoms with Crippen LogP contribution in [0.25, 0.3) is 0 Å². The first kappa shape index (κ1) is 21.9. The summed E-state index contributed by atoms with van der Waals surface area (Å²) in [6.07, 6.45) is 2.97. The molecule has 0 fully saturated rings. The molecule has 0 aliphatic carbocycles. The number of rotatable bonds is 7. The molecule has 27 heavy (non-hydrogen) atoms. The third-order valence-corrected chi connectivity index (χ3v) is 5.49. The quantitative estimate of drug-likeness (QED) is 0.346. The molecule has 0 bridgehead atoms. The first-order valence-electron chi connectivity index (χ1n) is 9.41. The van der Waals surface area contributed by atoms with Crippen LogP contribution < -0.4 is 15.4 Å². The van der Waals surface area contributed by atoms with E-state index in [1.165, 1.54) is 21.1 Å². The van der Waals surface area contributed by atoms with Gasteiger partial charge in [-0.1, -0.05) is 25.1 Å². The molecule has 3 rings (SSSR count). The van der Waals surface area contributed by atoms with Gasteiger partial charge in [-0.05, 0) is 31.9 Å². The summed E-state index contributed by atoms with van der Waals surface area (Å²) in [5.74, 6) is 1.84. The number of nitrogens with zero attached hydrogens (tertiary/aromatic N) is 2. The molecule has 1 aromatic carbocycles. The predicted molar refractivity (Wildman–Crippen MR) is 124 cm³/mol. The van der Waals surface area contributed by atoms with Gasteiger partial charge < -0.3 is 15.4 Å². The van der Waals surface area contributed by atoms with E-state index in [0.717, 1.165) is 44.1 Å². The molecule has 2 aromatic rings. The average Bonchev–Trinajstić information content (AvgIpc) is 3.22. The second-order valence-electron chi connectivity index (χ2n) is 6.41. The number of hydrogen-bond acceptors (Lipinski definition) is 4. The van der Waals surface area contributed by atoms with Gasteiger partial charge in [-0.15, -0.1) is 35.3 Å². The highest BCUT2D eigenvalue weighted by atomic mass is 127. The molecule has 7 heteroatoms. The van der Waals surface area contributed by atoms with E-state index < -0.39 is 0 Å². The largest absolute Gasteiger partial charge is 0.488 e. The molecule has 2 heterocycles. The first-order valence-corrected chi connectivity index (χ1v) is 10.2. The number of para-hydroxylation sites is 1. The molecule has 0 radical (unpaired) electrons. The van der Waals surface area contributed by atoms with Crippen molar-refractivity contribution in [1.29, 1.82) is 0 Å². The zero-order chi connectivity index (χ0) is 18.4. The van der Waals surface area contributed by atoms with Crippen LogP contribution in [0, 0.1) is 6.92 Å². The average molecular weight is 500 g/mol. The van der Waals surface area contributed by atoms with E-state index in [2.05, 4.69) is 43.5 Å². The predicted octanol–water partition coefficient (Wildman–Crippen LogP) is 3.73. The van der Waals surface area contributed by atoms with Crippen LogP contribution in [-0.4, -0.2) is 36.7 Å². The molecule has 1 aromatic heterocycles. The summed E-state index contributed by atoms with van der Waals surface area (Å²) in [6.45, 7) is 8.71. The summed E-state index contributed by atoms with van der Waals surface area (Å²) < 4.78 is 5.97. The molecule has 1 atom stereocenters. The van der Waals surface area contributed by atoms with Crippen LogP contribution in [0.3, 0.4) is 0 Å². The van der Waals surface area contributed by atoms with E-state index in [4.69, 9.17) is 14.7 Å². The second kappa shape index (κ2) is 10.8.